The van der Waals surface area contributed by atoms with Crippen LogP contribution in [0.1, 0.15) is 29.9 Å². The Bertz CT molecular complexity index is 1020. The smallest absolute Gasteiger partial charge is 0.239 e. The van der Waals surface area contributed by atoms with Crippen LogP contribution < -0.4 is 16.2 Å². The third-order valence-corrected chi connectivity index (χ3v) is 5.48. The number of H-pyrrole nitrogens is 1. The van der Waals surface area contributed by atoms with E-state index in [1.807, 2.05) is 42.5 Å². The van der Waals surface area contributed by atoms with Crippen LogP contribution in [0.2, 0.25) is 0 Å². The van der Waals surface area contributed by atoms with Crippen LogP contribution in [-0.4, -0.2) is 39.8 Å². The number of amides is 2. The number of rotatable bonds is 6. The number of nitrogen functional groups attached to an aromatic ring is 1. The molecule has 1 fully saturated rings. The summed E-state index contributed by atoms with van der Waals surface area (Å²) in [5.74, 6) is 0.505. The van der Waals surface area contributed by atoms with Crippen LogP contribution in [0.25, 0.3) is 11.3 Å². The lowest BCUT2D eigenvalue weighted by molar-refractivity contribution is -0.138. The molecule has 6 N–H and O–H groups in total. The first-order valence-corrected chi connectivity index (χ1v) is 10.8. The first kappa shape index (κ1) is 23.4. The van der Waals surface area contributed by atoms with E-state index < -0.39 is 0 Å². The maximum Gasteiger partial charge on any atom is 0.239 e. The van der Waals surface area contributed by atoms with Gasteiger partial charge in [-0.1, -0.05) is 54.6 Å². The van der Waals surface area contributed by atoms with Crippen molar-refractivity contribution in [2.24, 2.45) is 5.14 Å². The minimum atomic E-state index is -0.146. The number of hydrogen-bond acceptors (Lipinski definition) is 6. The summed E-state index contributed by atoms with van der Waals surface area (Å²) in [6, 6.07) is 17.9. The fraction of sp³-hybridized carbons (Fsp3) is 0.261. The number of hydrogen-bond donors (Lipinski definition) is 5. The lowest BCUT2D eigenvalue weighted by atomic mass is 9.89. The molecule has 1 saturated heterocycles. The van der Waals surface area contributed by atoms with Crippen molar-refractivity contribution < 1.29 is 9.59 Å². The molecule has 2 aromatic carbocycles. The zero-order valence-corrected chi connectivity index (χ0v) is 18.6. The van der Waals surface area contributed by atoms with Gasteiger partial charge in [0.2, 0.25) is 11.8 Å². The highest BCUT2D eigenvalue weighted by Crippen LogP contribution is 2.28. The van der Waals surface area contributed by atoms with Gasteiger partial charge in [0.1, 0.15) is 0 Å². The molecular formula is C23H28N6O2S. The third-order valence-electron chi connectivity index (χ3n) is 5.48. The maximum absolute atomic E-state index is 12.5. The predicted molar refractivity (Wildman–Crippen MR) is 128 cm³/mol. The van der Waals surface area contributed by atoms with Gasteiger partial charge < -0.3 is 20.9 Å². The normalized spacial score (nSPS) is 15.6. The van der Waals surface area contributed by atoms with Crippen LogP contribution >= 0.6 is 12.8 Å². The fourth-order valence-corrected chi connectivity index (χ4v) is 3.77. The van der Waals surface area contributed by atoms with Crippen molar-refractivity contribution >= 4 is 30.6 Å². The molecule has 1 aliphatic rings. The van der Waals surface area contributed by atoms with Crippen molar-refractivity contribution in [3.05, 3.63) is 71.9 Å². The average molecular weight is 453 g/mol. The third kappa shape index (κ3) is 6.12. The minimum Gasteiger partial charge on any atom is -0.369 e. The fourth-order valence-electron chi connectivity index (χ4n) is 3.77. The van der Waals surface area contributed by atoms with Crippen LogP contribution in [0.3, 0.4) is 0 Å². The predicted octanol–water partition coefficient (Wildman–Crippen LogP) is 2.47. The molecule has 0 radical (unpaired) electrons. The lowest BCUT2D eigenvalue weighted by Gasteiger charge is -2.31. The van der Waals surface area contributed by atoms with Crippen LogP contribution in [-0.2, 0) is 16.1 Å². The summed E-state index contributed by atoms with van der Waals surface area (Å²) in [5, 5.41) is 7.09. The van der Waals surface area contributed by atoms with Crippen molar-refractivity contribution in [1.29, 1.82) is 0 Å². The standard InChI is InChI=1S/C23H25N5O2.H3NS/c24-23-26-14-20(27-23)18-8-6-16(7-9-18)13-25-21(29)15-28-11-10-19(12-22(28)30)17-4-2-1-3-5-17;1-2/h1-9,14,19H,10-13,15H2,(H,25,29)(H3,24,26,27);2H,1H2. The molecule has 0 aliphatic carbocycles. The van der Waals surface area contributed by atoms with Crippen molar-refractivity contribution in [2.45, 2.75) is 25.3 Å². The number of piperidine rings is 1. The Morgan fingerprint density at radius 2 is 1.88 bits per heavy atom. The van der Waals surface area contributed by atoms with Gasteiger partial charge in [0, 0.05) is 19.5 Å². The van der Waals surface area contributed by atoms with Crippen LogP contribution in [0.15, 0.2) is 60.8 Å². The number of nitrogens with two attached hydrogens (primary N) is 2. The number of thiol groups is 1. The second kappa shape index (κ2) is 11.4. The van der Waals surface area contributed by atoms with Gasteiger partial charge >= 0.3 is 0 Å². The van der Waals surface area contributed by atoms with Crippen LogP contribution in [0.5, 0.6) is 0 Å². The Balaban J connectivity index is 0.00000141. The molecule has 168 valence electrons. The lowest BCUT2D eigenvalue weighted by Crippen LogP contribution is -2.44. The van der Waals surface area contributed by atoms with Gasteiger partial charge in [0.15, 0.2) is 5.95 Å². The summed E-state index contributed by atoms with van der Waals surface area (Å²) in [5.41, 5.74) is 9.60. The number of carbonyl (C=O) groups excluding carboxylic acids is 2. The summed E-state index contributed by atoms with van der Waals surface area (Å²) < 4.78 is 0. The number of nitrogens with one attached hydrogen (secondary N) is 2. The minimum absolute atomic E-state index is 0.0356. The van der Waals surface area contributed by atoms with E-state index >= 15 is 0 Å². The van der Waals surface area contributed by atoms with Crippen molar-refractivity contribution in [3.8, 4) is 11.3 Å². The molecule has 2 amide bonds. The highest BCUT2D eigenvalue weighted by Gasteiger charge is 2.27. The highest BCUT2D eigenvalue weighted by molar-refractivity contribution is 7.77. The average Bonchev–Trinajstić information content (AvgIpc) is 3.27. The van der Waals surface area contributed by atoms with E-state index in [0.29, 0.717) is 25.5 Å². The van der Waals surface area contributed by atoms with Crippen molar-refractivity contribution in [1.82, 2.24) is 20.2 Å². The molecule has 9 heteroatoms. The Hall–Kier alpha value is -3.30. The molecule has 3 aromatic rings. The van der Waals surface area contributed by atoms with Crippen molar-refractivity contribution in [2.75, 3.05) is 18.8 Å². The van der Waals surface area contributed by atoms with Gasteiger partial charge in [-0.15, -0.1) is 12.8 Å². The van der Waals surface area contributed by atoms with E-state index in [1.165, 1.54) is 5.56 Å². The number of nitrogens with zero attached hydrogens (tertiary/aromatic N) is 2. The first-order chi connectivity index (χ1) is 15.6. The van der Waals surface area contributed by atoms with Gasteiger partial charge in [-0.05, 0) is 29.0 Å². The summed E-state index contributed by atoms with van der Waals surface area (Å²) in [4.78, 5) is 33.5. The van der Waals surface area contributed by atoms with Crippen molar-refractivity contribution in [3.63, 3.8) is 0 Å². The molecule has 0 spiro atoms. The van der Waals surface area contributed by atoms with E-state index in [0.717, 1.165) is 23.2 Å². The molecule has 1 atom stereocenters. The summed E-state index contributed by atoms with van der Waals surface area (Å²) in [6.07, 6.45) is 3.02. The number of benzene rings is 2. The Morgan fingerprint density at radius 3 is 2.50 bits per heavy atom. The highest BCUT2D eigenvalue weighted by atomic mass is 32.1. The van der Waals surface area contributed by atoms with Gasteiger partial charge in [-0.25, -0.2) is 4.98 Å². The van der Waals surface area contributed by atoms with Gasteiger partial charge in [-0.2, -0.15) is 0 Å². The largest absolute Gasteiger partial charge is 0.369 e. The molecule has 32 heavy (non-hydrogen) atoms. The van der Waals surface area contributed by atoms with Crippen LogP contribution in [0.4, 0.5) is 5.95 Å². The second-order valence-corrected chi connectivity index (χ2v) is 7.57. The number of carbonyl (C=O) groups is 2. The SMILES string of the molecule is NS.Nc1ncc(-c2ccc(CNC(=O)CN3CCC(c4ccccc4)CC3=O)cc2)[nH]1. The van der Waals surface area contributed by atoms with Gasteiger partial charge in [-0.3, -0.25) is 14.7 Å². The zero-order valence-electron chi connectivity index (χ0n) is 17.7. The quantitative estimate of drug-likeness (QED) is 0.367. The van der Waals surface area contributed by atoms with Gasteiger partial charge in [0.25, 0.3) is 0 Å². The molecule has 1 aromatic heterocycles. The number of anilines is 1. The van der Waals surface area contributed by atoms with E-state index in [-0.39, 0.29) is 24.3 Å². The van der Waals surface area contributed by atoms with E-state index in [1.54, 1.807) is 11.1 Å². The molecule has 0 bridgehead atoms. The Kier molecular flexibility index (Phi) is 8.29. The number of aromatic nitrogens is 2. The molecule has 8 nitrogen and oxygen atoms in total. The molecule has 1 aliphatic heterocycles. The molecular weight excluding hydrogens is 424 g/mol. The van der Waals surface area contributed by atoms with Crippen LogP contribution in [0, 0.1) is 0 Å². The Morgan fingerprint density at radius 1 is 1.16 bits per heavy atom. The van der Waals surface area contributed by atoms with E-state index in [9.17, 15) is 9.59 Å². The summed E-state index contributed by atoms with van der Waals surface area (Å²) in [6.45, 7) is 1.12. The number of imidazole rings is 1. The second-order valence-electron chi connectivity index (χ2n) is 7.57. The monoisotopic (exact) mass is 452 g/mol. The molecule has 4 rings (SSSR count). The summed E-state index contributed by atoms with van der Waals surface area (Å²) in [7, 11) is 0. The van der Waals surface area contributed by atoms with E-state index in [2.05, 4.69) is 45.4 Å². The number of aromatic amines is 1. The number of likely N-dealkylation sites (tertiary alicyclic amines) is 1. The van der Waals surface area contributed by atoms with Gasteiger partial charge in [0.05, 0.1) is 18.4 Å². The van der Waals surface area contributed by atoms with E-state index in [4.69, 9.17) is 5.73 Å². The molecule has 0 saturated carbocycles. The zero-order chi connectivity index (χ0) is 22.9. The topological polar surface area (TPSA) is 130 Å². The molecule has 2 heterocycles. The summed E-state index contributed by atoms with van der Waals surface area (Å²) >= 11 is 3.03. The molecule has 1 unspecified atom stereocenters. The first-order valence-electron chi connectivity index (χ1n) is 10.3. The maximum atomic E-state index is 12.5. The Labute approximate surface area is 192 Å².